The van der Waals surface area contributed by atoms with Gasteiger partial charge in [0.1, 0.15) is 10.6 Å². The average Bonchev–Trinajstić information content (AvgIpc) is 3.34. The zero-order valence-electron chi connectivity index (χ0n) is 17.1. The van der Waals surface area contributed by atoms with Crippen molar-refractivity contribution in [3.05, 3.63) is 41.2 Å². The van der Waals surface area contributed by atoms with E-state index in [1.807, 2.05) is 24.3 Å². The zero-order valence-corrected chi connectivity index (χ0v) is 18.0. The molecule has 2 aromatic rings. The molecule has 2 heterocycles. The number of nitrogens with zero attached hydrogens (tertiary/aromatic N) is 3. The molecule has 29 heavy (non-hydrogen) atoms. The molecule has 0 unspecified atom stereocenters. The van der Waals surface area contributed by atoms with Gasteiger partial charge in [-0.3, -0.25) is 9.48 Å². The Bertz CT molecular complexity index is 978. The largest absolute Gasteiger partial charge is 0.497 e. The maximum atomic E-state index is 12.9. The molecule has 0 saturated carbocycles. The molecule has 1 aliphatic rings. The zero-order chi connectivity index (χ0) is 21.0. The van der Waals surface area contributed by atoms with Gasteiger partial charge in [-0.25, -0.2) is 8.42 Å². The molecule has 1 aromatic heterocycles. The molecule has 8 nitrogen and oxygen atoms in total. The molecule has 9 heteroatoms. The fraction of sp³-hybridized carbons (Fsp3) is 0.500. The van der Waals surface area contributed by atoms with E-state index in [0.29, 0.717) is 37.6 Å². The van der Waals surface area contributed by atoms with Gasteiger partial charge >= 0.3 is 0 Å². The highest BCUT2D eigenvalue weighted by atomic mass is 32.2. The molecule has 1 saturated heterocycles. The molecule has 0 radical (unpaired) electrons. The second-order valence-corrected chi connectivity index (χ2v) is 9.09. The van der Waals surface area contributed by atoms with Crippen LogP contribution in [-0.2, 0) is 27.9 Å². The van der Waals surface area contributed by atoms with Gasteiger partial charge in [0.15, 0.2) is 0 Å². The summed E-state index contributed by atoms with van der Waals surface area (Å²) in [6.45, 7) is 5.29. The third-order valence-corrected chi connectivity index (χ3v) is 7.30. The smallest absolute Gasteiger partial charge is 0.246 e. The quantitative estimate of drug-likeness (QED) is 0.705. The first-order valence-electron chi connectivity index (χ1n) is 9.76. The summed E-state index contributed by atoms with van der Waals surface area (Å²) < 4.78 is 34.2. The Kier molecular flexibility index (Phi) is 6.59. The number of benzene rings is 1. The van der Waals surface area contributed by atoms with E-state index in [1.54, 1.807) is 25.6 Å². The van der Waals surface area contributed by atoms with Gasteiger partial charge in [0, 0.05) is 26.1 Å². The van der Waals surface area contributed by atoms with Crippen LogP contribution in [0.5, 0.6) is 5.75 Å². The molecule has 1 fully saturated rings. The van der Waals surface area contributed by atoms with Crippen molar-refractivity contribution in [2.75, 3.05) is 20.2 Å². The maximum Gasteiger partial charge on any atom is 0.246 e. The second-order valence-electron chi connectivity index (χ2n) is 7.21. The molecule has 0 atom stereocenters. The first-order valence-corrected chi connectivity index (χ1v) is 11.2. The van der Waals surface area contributed by atoms with Gasteiger partial charge in [0.05, 0.1) is 25.0 Å². The van der Waals surface area contributed by atoms with Crippen molar-refractivity contribution in [1.29, 1.82) is 0 Å². The summed E-state index contributed by atoms with van der Waals surface area (Å²) in [5.74, 6) is 0.621. The molecule has 1 amide bonds. The number of nitrogens with one attached hydrogen (secondary N) is 1. The average molecular weight is 421 g/mol. The summed E-state index contributed by atoms with van der Waals surface area (Å²) in [7, 11) is -1.93. The van der Waals surface area contributed by atoms with E-state index in [1.165, 1.54) is 4.31 Å². The monoisotopic (exact) mass is 420 g/mol. The highest BCUT2D eigenvalue weighted by Crippen LogP contribution is 2.26. The number of hydrogen-bond donors (Lipinski definition) is 1. The van der Waals surface area contributed by atoms with E-state index in [2.05, 4.69) is 10.4 Å². The molecular formula is C20H28N4O4S. The van der Waals surface area contributed by atoms with Crippen molar-refractivity contribution in [1.82, 2.24) is 19.4 Å². The van der Waals surface area contributed by atoms with E-state index < -0.39 is 10.0 Å². The van der Waals surface area contributed by atoms with E-state index in [0.717, 1.165) is 24.2 Å². The Morgan fingerprint density at radius 2 is 1.97 bits per heavy atom. The minimum atomic E-state index is -3.53. The van der Waals surface area contributed by atoms with Gasteiger partial charge in [-0.15, -0.1) is 0 Å². The topological polar surface area (TPSA) is 93.5 Å². The van der Waals surface area contributed by atoms with Crippen molar-refractivity contribution in [2.45, 2.75) is 51.1 Å². The van der Waals surface area contributed by atoms with Gasteiger partial charge in [-0.1, -0.05) is 12.1 Å². The van der Waals surface area contributed by atoms with Crippen molar-refractivity contribution < 1.29 is 17.9 Å². The van der Waals surface area contributed by atoms with Crippen LogP contribution < -0.4 is 10.1 Å². The number of carbonyl (C=O) groups is 1. The molecule has 0 bridgehead atoms. The summed E-state index contributed by atoms with van der Waals surface area (Å²) in [5.41, 5.74) is 2.00. The number of carbonyl (C=O) groups excluding carboxylic acids is 1. The minimum Gasteiger partial charge on any atom is -0.497 e. The summed E-state index contributed by atoms with van der Waals surface area (Å²) in [4.78, 5) is 12.5. The van der Waals surface area contributed by atoms with Crippen molar-refractivity contribution in [3.63, 3.8) is 0 Å². The fourth-order valence-electron chi connectivity index (χ4n) is 3.61. The van der Waals surface area contributed by atoms with Gasteiger partial charge in [-0.2, -0.15) is 9.40 Å². The van der Waals surface area contributed by atoms with Crippen LogP contribution in [0.2, 0.25) is 0 Å². The highest BCUT2D eigenvalue weighted by molar-refractivity contribution is 7.89. The summed E-state index contributed by atoms with van der Waals surface area (Å²) in [6.07, 6.45) is 1.99. The second kappa shape index (κ2) is 8.96. The number of rotatable bonds is 8. The molecule has 3 rings (SSSR count). The maximum absolute atomic E-state index is 12.9. The Morgan fingerprint density at radius 3 is 2.66 bits per heavy atom. The minimum absolute atomic E-state index is 0.121. The summed E-state index contributed by atoms with van der Waals surface area (Å²) in [6, 6.07) is 7.51. The lowest BCUT2D eigenvalue weighted by molar-refractivity contribution is -0.121. The Hall–Kier alpha value is -2.39. The van der Waals surface area contributed by atoms with Crippen LogP contribution in [0.25, 0.3) is 0 Å². The van der Waals surface area contributed by atoms with Crippen LogP contribution in [0.1, 0.15) is 36.2 Å². The highest BCUT2D eigenvalue weighted by Gasteiger charge is 2.32. The molecule has 1 aromatic carbocycles. The van der Waals surface area contributed by atoms with Gasteiger partial charge in [0.25, 0.3) is 0 Å². The number of ether oxygens (including phenoxy) is 1. The first-order chi connectivity index (χ1) is 13.8. The van der Waals surface area contributed by atoms with Gasteiger partial charge in [-0.05, 0) is 44.4 Å². The van der Waals surface area contributed by atoms with E-state index in [9.17, 15) is 13.2 Å². The lowest BCUT2D eigenvalue weighted by Gasteiger charge is -2.15. The van der Waals surface area contributed by atoms with Crippen LogP contribution in [0.15, 0.2) is 29.2 Å². The third kappa shape index (κ3) is 4.79. The van der Waals surface area contributed by atoms with E-state index in [-0.39, 0.29) is 17.2 Å². The number of aryl methyl sites for hydroxylation is 2. The number of hydrogen-bond acceptors (Lipinski definition) is 5. The van der Waals surface area contributed by atoms with Gasteiger partial charge < -0.3 is 10.1 Å². The van der Waals surface area contributed by atoms with Crippen LogP contribution in [0.3, 0.4) is 0 Å². The lowest BCUT2D eigenvalue weighted by Crippen LogP contribution is -2.28. The molecular weight excluding hydrogens is 392 g/mol. The molecule has 0 spiro atoms. The van der Waals surface area contributed by atoms with Gasteiger partial charge in [0.2, 0.25) is 15.9 Å². The summed E-state index contributed by atoms with van der Waals surface area (Å²) in [5, 5.41) is 7.25. The van der Waals surface area contributed by atoms with E-state index >= 15 is 0 Å². The molecule has 158 valence electrons. The predicted molar refractivity (Wildman–Crippen MR) is 109 cm³/mol. The predicted octanol–water partition coefficient (Wildman–Crippen LogP) is 2.00. The molecule has 0 aliphatic carbocycles. The van der Waals surface area contributed by atoms with Crippen LogP contribution in [0.4, 0.5) is 0 Å². The number of sulfonamides is 1. The van der Waals surface area contributed by atoms with Crippen LogP contribution in [0, 0.1) is 13.8 Å². The normalized spacial score (nSPS) is 14.9. The fourth-order valence-corrected chi connectivity index (χ4v) is 5.50. The molecule has 1 aliphatic heterocycles. The van der Waals surface area contributed by atoms with Crippen molar-refractivity contribution in [3.8, 4) is 5.75 Å². The SMILES string of the molecule is COc1cccc(CNC(=O)CCn2nc(C)c(S(=O)(=O)N3CCCC3)c2C)c1. The van der Waals surface area contributed by atoms with E-state index in [4.69, 9.17) is 4.74 Å². The Morgan fingerprint density at radius 1 is 1.24 bits per heavy atom. The number of aromatic nitrogens is 2. The summed E-state index contributed by atoms with van der Waals surface area (Å²) >= 11 is 0. The Balaban J connectivity index is 1.61. The number of methoxy groups -OCH3 is 1. The standard InChI is InChI=1S/C20H28N4O4S/c1-15-20(29(26,27)23-10-4-5-11-23)16(2)24(22-15)12-9-19(25)21-14-17-7-6-8-18(13-17)28-3/h6-8,13H,4-5,9-12,14H2,1-3H3,(H,21,25). The molecule has 1 N–H and O–H groups in total. The van der Waals surface area contributed by atoms with Crippen molar-refractivity contribution in [2.24, 2.45) is 0 Å². The third-order valence-electron chi connectivity index (χ3n) is 5.15. The van der Waals surface area contributed by atoms with Crippen LogP contribution in [-0.4, -0.2) is 48.6 Å². The lowest BCUT2D eigenvalue weighted by atomic mass is 10.2. The Labute approximate surface area is 171 Å². The van der Waals surface area contributed by atoms with Crippen LogP contribution >= 0.6 is 0 Å². The first kappa shape index (κ1) is 21.3. The van der Waals surface area contributed by atoms with Crippen molar-refractivity contribution >= 4 is 15.9 Å². The number of amides is 1.